The summed E-state index contributed by atoms with van der Waals surface area (Å²) in [5.41, 5.74) is 6.58. The van der Waals surface area contributed by atoms with Crippen molar-refractivity contribution in [2.45, 2.75) is 51.7 Å². The van der Waals surface area contributed by atoms with Crippen molar-refractivity contribution in [3.8, 4) is 0 Å². The molecule has 4 rings (SSSR count). The molecular formula is C19H24FN5O. The summed E-state index contributed by atoms with van der Waals surface area (Å²) < 4.78 is 15.4. The van der Waals surface area contributed by atoms with E-state index in [0.717, 1.165) is 17.2 Å². The molecule has 0 atom stereocenters. The molecule has 0 unspecified atom stereocenters. The first kappa shape index (κ1) is 17.1. The monoisotopic (exact) mass is 357 g/mol. The molecule has 0 bridgehead atoms. The summed E-state index contributed by atoms with van der Waals surface area (Å²) in [4.78, 5) is 14.6. The van der Waals surface area contributed by atoms with Crippen LogP contribution in [0.2, 0.25) is 0 Å². The Hall–Kier alpha value is -2.28. The molecule has 1 aromatic heterocycles. The Morgan fingerprint density at radius 2 is 2.04 bits per heavy atom. The average Bonchev–Trinajstić information content (AvgIpc) is 2.94. The fourth-order valence-corrected chi connectivity index (χ4v) is 4.47. The van der Waals surface area contributed by atoms with Crippen molar-refractivity contribution in [1.82, 2.24) is 19.7 Å². The van der Waals surface area contributed by atoms with Gasteiger partial charge >= 0.3 is 0 Å². The third kappa shape index (κ3) is 3.00. The second-order valence-electron chi connectivity index (χ2n) is 8.39. The number of rotatable bonds is 3. The normalized spacial score (nSPS) is 20.4. The zero-order valence-corrected chi connectivity index (χ0v) is 15.2. The van der Waals surface area contributed by atoms with Crippen LogP contribution in [0.5, 0.6) is 0 Å². The summed E-state index contributed by atoms with van der Waals surface area (Å²) in [6.45, 7) is 5.93. The molecule has 0 saturated heterocycles. The number of hydrogen-bond donors (Lipinski definition) is 1. The van der Waals surface area contributed by atoms with Crippen molar-refractivity contribution >= 4 is 5.91 Å². The quantitative estimate of drug-likeness (QED) is 0.910. The van der Waals surface area contributed by atoms with E-state index < -0.39 is 5.54 Å². The number of carbonyl (C=O) groups is 1. The number of carbonyl (C=O) groups excluding carboxylic acids is 1. The van der Waals surface area contributed by atoms with Gasteiger partial charge in [-0.2, -0.15) is 0 Å². The maximum atomic E-state index is 13.4. The molecule has 6 nitrogen and oxygen atoms in total. The zero-order valence-electron chi connectivity index (χ0n) is 15.2. The first-order chi connectivity index (χ1) is 12.3. The lowest BCUT2D eigenvalue weighted by molar-refractivity contribution is -0.147. The lowest BCUT2D eigenvalue weighted by Gasteiger charge is -2.51. The highest BCUT2D eigenvalue weighted by Gasteiger charge is 2.53. The van der Waals surface area contributed by atoms with Crippen molar-refractivity contribution in [2.75, 3.05) is 6.54 Å². The lowest BCUT2D eigenvalue weighted by atomic mass is 9.59. The van der Waals surface area contributed by atoms with Gasteiger partial charge in [-0.3, -0.25) is 4.79 Å². The fraction of sp³-hybridized carbons (Fsp3) is 0.526. The van der Waals surface area contributed by atoms with Gasteiger partial charge in [-0.05, 0) is 36.0 Å². The molecule has 2 aromatic rings. The van der Waals surface area contributed by atoms with Crippen molar-refractivity contribution in [2.24, 2.45) is 11.1 Å². The zero-order chi connectivity index (χ0) is 18.5. The highest BCUT2D eigenvalue weighted by Crippen LogP contribution is 2.47. The van der Waals surface area contributed by atoms with Gasteiger partial charge in [0, 0.05) is 19.5 Å². The van der Waals surface area contributed by atoms with Crippen LogP contribution in [-0.4, -0.2) is 37.7 Å². The third-order valence-electron chi connectivity index (χ3n) is 5.38. The van der Waals surface area contributed by atoms with Crippen LogP contribution >= 0.6 is 0 Å². The molecule has 1 fully saturated rings. The molecule has 1 aliphatic heterocycles. The lowest BCUT2D eigenvalue weighted by Crippen LogP contribution is -2.65. The molecular weight excluding hydrogens is 333 g/mol. The second-order valence-corrected chi connectivity index (χ2v) is 8.39. The molecule has 1 saturated carbocycles. The van der Waals surface area contributed by atoms with E-state index in [1.807, 2.05) is 10.6 Å². The van der Waals surface area contributed by atoms with E-state index in [-0.39, 0.29) is 17.1 Å². The van der Waals surface area contributed by atoms with E-state index in [2.05, 4.69) is 24.0 Å². The summed E-state index contributed by atoms with van der Waals surface area (Å²) in [5.74, 6) is 1.32. The Morgan fingerprint density at radius 3 is 2.73 bits per heavy atom. The fourth-order valence-electron chi connectivity index (χ4n) is 4.47. The topological polar surface area (TPSA) is 77.0 Å². The van der Waals surface area contributed by atoms with Crippen LogP contribution in [0, 0.1) is 11.2 Å². The number of benzene rings is 1. The minimum Gasteiger partial charge on any atom is -0.332 e. The summed E-state index contributed by atoms with van der Waals surface area (Å²) in [6, 6.07) is 6.51. The van der Waals surface area contributed by atoms with Gasteiger partial charge in [0.25, 0.3) is 0 Å². The minimum absolute atomic E-state index is 0.0118. The number of fused-ring (bicyclic) bond motifs is 1. The molecule has 138 valence electrons. The van der Waals surface area contributed by atoms with Crippen molar-refractivity contribution in [1.29, 1.82) is 0 Å². The van der Waals surface area contributed by atoms with Crippen LogP contribution in [0.25, 0.3) is 0 Å². The molecule has 2 N–H and O–H groups in total. The third-order valence-corrected chi connectivity index (χ3v) is 5.38. The number of amides is 1. The van der Waals surface area contributed by atoms with E-state index >= 15 is 0 Å². The molecule has 1 aliphatic carbocycles. The summed E-state index contributed by atoms with van der Waals surface area (Å²) >= 11 is 0. The van der Waals surface area contributed by atoms with E-state index in [1.54, 1.807) is 11.0 Å². The summed E-state index contributed by atoms with van der Waals surface area (Å²) in [5, 5.41) is 8.50. The minimum atomic E-state index is -0.740. The highest BCUT2D eigenvalue weighted by molar-refractivity contribution is 5.87. The number of aromatic nitrogens is 3. The molecule has 0 spiro atoms. The smallest absolute Gasteiger partial charge is 0.243 e. The molecule has 2 aliphatic rings. The van der Waals surface area contributed by atoms with E-state index in [1.165, 1.54) is 12.1 Å². The van der Waals surface area contributed by atoms with Gasteiger partial charge in [0.15, 0.2) is 5.82 Å². The molecule has 2 heterocycles. The number of halogens is 1. The average molecular weight is 357 g/mol. The van der Waals surface area contributed by atoms with Crippen molar-refractivity contribution in [3.05, 3.63) is 47.3 Å². The van der Waals surface area contributed by atoms with Crippen LogP contribution in [0.1, 0.15) is 43.9 Å². The Morgan fingerprint density at radius 1 is 1.27 bits per heavy atom. The van der Waals surface area contributed by atoms with Gasteiger partial charge in [0.2, 0.25) is 5.91 Å². The van der Waals surface area contributed by atoms with E-state index in [0.29, 0.717) is 38.9 Å². The molecule has 1 amide bonds. The standard InChI is InChI=1S/C19H24FN5O/c1-18(2)11-19(21,12-18)17(26)24-6-7-25-15(22-23-16(25)10-24)9-13-4-3-5-14(20)8-13/h3-5,8H,6-7,9-12,21H2,1-2H3. The van der Waals surface area contributed by atoms with Crippen molar-refractivity contribution in [3.63, 3.8) is 0 Å². The predicted molar refractivity (Wildman–Crippen MR) is 94.6 cm³/mol. The SMILES string of the molecule is CC1(C)CC(N)(C(=O)N2CCn3c(Cc4cccc(F)c4)nnc3C2)C1. The van der Waals surface area contributed by atoms with Gasteiger partial charge in [0.1, 0.15) is 11.6 Å². The first-order valence-corrected chi connectivity index (χ1v) is 8.99. The molecule has 1 aromatic carbocycles. The van der Waals surface area contributed by atoms with Gasteiger partial charge in [-0.15, -0.1) is 10.2 Å². The Bertz CT molecular complexity index is 851. The highest BCUT2D eigenvalue weighted by atomic mass is 19.1. The maximum Gasteiger partial charge on any atom is 0.243 e. The molecule has 26 heavy (non-hydrogen) atoms. The van der Waals surface area contributed by atoms with Gasteiger partial charge < -0.3 is 15.2 Å². The Labute approximate surface area is 152 Å². The van der Waals surface area contributed by atoms with Crippen molar-refractivity contribution < 1.29 is 9.18 Å². The van der Waals surface area contributed by atoms with Crippen LogP contribution in [0.3, 0.4) is 0 Å². The van der Waals surface area contributed by atoms with Crippen LogP contribution in [0.4, 0.5) is 4.39 Å². The van der Waals surface area contributed by atoms with E-state index in [9.17, 15) is 9.18 Å². The van der Waals surface area contributed by atoms with Crippen LogP contribution in [-0.2, 0) is 24.3 Å². The first-order valence-electron chi connectivity index (χ1n) is 8.99. The number of nitrogens with zero attached hydrogens (tertiary/aromatic N) is 4. The predicted octanol–water partition coefficient (Wildman–Crippen LogP) is 1.87. The van der Waals surface area contributed by atoms with Gasteiger partial charge in [0.05, 0.1) is 12.1 Å². The van der Waals surface area contributed by atoms with Gasteiger partial charge in [-0.25, -0.2) is 4.39 Å². The van der Waals surface area contributed by atoms with Gasteiger partial charge in [-0.1, -0.05) is 26.0 Å². The maximum absolute atomic E-state index is 13.4. The Kier molecular flexibility index (Phi) is 3.87. The molecule has 7 heteroatoms. The summed E-state index contributed by atoms with van der Waals surface area (Å²) in [6.07, 6.45) is 1.95. The largest absolute Gasteiger partial charge is 0.332 e. The van der Waals surface area contributed by atoms with Crippen LogP contribution in [0.15, 0.2) is 24.3 Å². The summed E-state index contributed by atoms with van der Waals surface area (Å²) in [7, 11) is 0. The second kappa shape index (κ2) is 5.87. The van der Waals surface area contributed by atoms with Crippen LogP contribution < -0.4 is 5.73 Å². The molecule has 0 radical (unpaired) electrons. The number of hydrogen-bond acceptors (Lipinski definition) is 4. The van der Waals surface area contributed by atoms with E-state index in [4.69, 9.17) is 5.73 Å². The Balaban J connectivity index is 1.47. The number of nitrogens with two attached hydrogens (primary N) is 1.